The highest BCUT2D eigenvalue weighted by Crippen LogP contribution is 2.42. The van der Waals surface area contributed by atoms with Gasteiger partial charge in [-0.15, -0.1) is 0 Å². The number of hydrogen-bond acceptors (Lipinski definition) is 3. The molecule has 1 aliphatic carbocycles. The van der Waals surface area contributed by atoms with Gasteiger partial charge >= 0.3 is 12.0 Å². The van der Waals surface area contributed by atoms with E-state index in [4.69, 9.17) is 0 Å². The van der Waals surface area contributed by atoms with Crippen LogP contribution in [0.5, 0.6) is 0 Å². The zero-order chi connectivity index (χ0) is 15.0. The van der Waals surface area contributed by atoms with Crippen LogP contribution in [0.4, 0.5) is 4.79 Å². The Balaban J connectivity index is 1.58. The number of carboxylic acid groups (broad SMARTS) is 1. The predicted molar refractivity (Wildman–Crippen MR) is 73.5 cm³/mol. The Bertz CT molecular complexity index is 467. The SMILES string of the molecule is O=C1CCC(CNC(=O)N2CC3CCCC3C2C(=O)O)N1. The molecule has 116 valence electrons. The summed E-state index contributed by atoms with van der Waals surface area (Å²) in [5.41, 5.74) is 0. The second kappa shape index (κ2) is 5.54. The summed E-state index contributed by atoms with van der Waals surface area (Å²) >= 11 is 0. The molecule has 7 heteroatoms. The molecule has 7 nitrogen and oxygen atoms in total. The predicted octanol–water partition coefficient (Wildman–Crippen LogP) is 0.160. The first-order valence-corrected chi connectivity index (χ1v) is 7.63. The molecule has 21 heavy (non-hydrogen) atoms. The van der Waals surface area contributed by atoms with Crippen LogP contribution in [0.15, 0.2) is 0 Å². The zero-order valence-electron chi connectivity index (χ0n) is 11.9. The highest BCUT2D eigenvalue weighted by atomic mass is 16.4. The molecular formula is C14H21N3O4. The average molecular weight is 295 g/mol. The van der Waals surface area contributed by atoms with Gasteiger partial charge in [0.2, 0.25) is 5.91 Å². The van der Waals surface area contributed by atoms with Crippen LogP contribution in [0.2, 0.25) is 0 Å². The van der Waals surface area contributed by atoms with E-state index >= 15 is 0 Å². The Morgan fingerprint density at radius 2 is 2.14 bits per heavy atom. The summed E-state index contributed by atoms with van der Waals surface area (Å²) in [5, 5.41) is 15.0. The number of urea groups is 1. The lowest BCUT2D eigenvalue weighted by atomic mass is 9.94. The maximum Gasteiger partial charge on any atom is 0.326 e. The van der Waals surface area contributed by atoms with E-state index in [1.165, 1.54) is 4.90 Å². The van der Waals surface area contributed by atoms with Gasteiger partial charge in [0, 0.05) is 25.6 Å². The van der Waals surface area contributed by atoms with E-state index in [0.29, 0.717) is 31.8 Å². The molecule has 0 aromatic heterocycles. The van der Waals surface area contributed by atoms with Crippen molar-refractivity contribution in [2.45, 2.75) is 44.2 Å². The molecule has 3 amide bonds. The van der Waals surface area contributed by atoms with E-state index in [1.807, 2.05) is 0 Å². The summed E-state index contributed by atoms with van der Waals surface area (Å²) < 4.78 is 0. The highest BCUT2D eigenvalue weighted by Gasteiger charge is 2.49. The number of amides is 3. The quantitative estimate of drug-likeness (QED) is 0.690. The Hall–Kier alpha value is -1.79. The van der Waals surface area contributed by atoms with Crippen molar-refractivity contribution < 1.29 is 19.5 Å². The molecule has 3 rings (SSSR count). The first kappa shape index (κ1) is 14.2. The molecule has 0 aromatic carbocycles. The molecule has 2 saturated heterocycles. The third-order valence-corrected chi connectivity index (χ3v) is 4.99. The molecule has 2 heterocycles. The summed E-state index contributed by atoms with van der Waals surface area (Å²) in [5.74, 6) is -0.482. The van der Waals surface area contributed by atoms with Crippen LogP contribution >= 0.6 is 0 Å². The number of carbonyl (C=O) groups excluding carboxylic acids is 2. The van der Waals surface area contributed by atoms with Crippen LogP contribution in [-0.2, 0) is 9.59 Å². The summed E-state index contributed by atoms with van der Waals surface area (Å²) in [7, 11) is 0. The Kier molecular flexibility index (Phi) is 3.73. The van der Waals surface area contributed by atoms with Crippen molar-refractivity contribution in [3.05, 3.63) is 0 Å². The third kappa shape index (κ3) is 2.69. The Morgan fingerprint density at radius 1 is 1.33 bits per heavy atom. The smallest absolute Gasteiger partial charge is 0.326 e. The fourth-order valence-electron chi connectivity index (χ4n) is 3.97. The number of rotatable bonds is 3. The number of nitrogens with one attached hydrogen (secondary N) is 2. The lowest BCUT2D eigenvalue weighted by Crippen LogP contribution is -2.50. The molecular weight excluding hydrogens is 274 g/mol. The molecule has 0 bridgehead atoms. The minimum Gasteiger partial charge on any atom is -0.480 e. The molecule has 3 fully saturated rings. The number of aliphatic carboxylic acids is 1. The van der Waals surface area contributed by atoms with E-state index in [2.05, 4.69) is 10.6 Å². The van der Waals surface area contributed by atoms with Crippen molar-refractivity contribution in [1.82, 2.24) is 15.5 Å². The summed E-state index contributed by atoms with van der Waals surface area (Å²) in [6.45, 7) is 0.896. The Morgan fingerprint density at radius 3 is 2.81 bits per heavy atom. The minimum absolute atomic E-state index is 0.00775. The molecule has 0 aromatic rings. The van der Waals surface area contributed by atoms with E-state index in [0.717, 1.165) is 19.3 Å². The largest absolute Gasteiger partial charge is 0.480 e. The van der Waals surface area contributed by atoms with Crippen molar-refractivity contribution in [1.29, 1.82) is 0 Å². The number of nitrogens with zero attached hydrogens (tertiary/aromatic N) is 1. The monoisotopic (exact) mass is 295 g/mol. The highest BCUT2D eigenvalue weighted by molar-refractivity contribution is 5.84. The van der Waals surface area contributed by atoms with Gasteiger partial charge in [0.15, 0.2) is 0 Å². The molecule has 2 aliphatic heterocycles. The summed E-state index contributed by atoms with van der Waals surface area (Å²) in [4.78, 5) is 36.3. The molecule has 4 unspecified atom stereocenters. The van der Waals surface area contributed by atoms with Gasteiger partial charge in [0.1, 0.15) is 6.04 Å². The van der Waals surface area contributed by atoms with Crippen molar-refractivity contribution >= 4 is 17.9 Å². The van der Waals surface area contributed by atoms with Crippen LogP contribution in [0, 0.1) is 11.8 Å². The lowest BCUT2D eigenvalue weighted by molar-refractivity contribution is -0.142. The normalized spacial score (nSPS) is 34.7. The molecule has 1 saturated carbocycles. The Labute approximate surface area is 123 Å². The summed E-state index contributed by atoms with van der Waals surface area (Å²) in [6.07, 6.45) is 4.17. The number of carbonyl (C=O) groups is 3. The fourth-order valence-corrected chi connectivity index (χ4v) is 3.97. The standard InChI is InChI=1S/C14H21N3O4/c18-11-5-4-9(16-11)6-15-14(21)17-7-8-2-1-3-10(8)12(17)13(19)20/h8-10,12H,1-7H2,(H,15,21)(H,16,18)(H,19,20). The van der Waals surface area contributed by atoms with Gasteiger partial charge in [-0.3, -0.25) is 4.79 Å². The maximum atomic E-state index is 12.3. The van der Waals surface area contributed by atoms with Crippen LogP contribution < -0.4 is 10.6 Å². The maximum absolute atomic E-state index is 12.3. The van der Waals surface area contributed by atoms with Gasteiger partial charge in [-0.05, 0) is 31.1 Å². The van der Waals surface area contributed by atoms with Crippen LogP contribution in [-0.4, -0.2) is 53.1 Å². The van der Waals surface area contributed by atoms with E-state index in [9.17, 15) is 19.5 Å². The fraction of sp³-hybridized carbons (Fsp3) is 0.786. The average Bonchev–Trinajstić information content (AvgIpc) is 3.09. The van der Waals surface area contributed by atoms with Crippen LogP contribution in [0.3, 0.4) is 0 Å². The minimum atomic E-state index is -0.909. The van der Waals surface area contributed by atoms with Gasteiger partial charge in [0.05, 0.1) is 0 Å². The number of fused-ring (bicyclic) bond motifs is 1. The molecule has 0 spiro atoms. The molecule has 4 atom stereocenters. The number of hydrogen-bond donors (Lipinski definition) is 3. The molecule has 0 radical (unpaired) electrons. The number of likely N-dealkylation sites (tertiary alicyclic amines) is 1. The lowest BCUT2D eigenvalue weighted by Gasteiger charge is -2.25. The topological polar surface area (TPSA) is 98.7 Å². The molecule has 3 aliphatic rings. The summed E-state index contributed by atoms with van der Waals surface area (Å²) in [6, 6.07) is -1.06. The van der Waals surface area contributed by atoms with Gasteiger partial charge in [-0.1, -0.05) is 6.42 Å². The zero-order valence-corrected chi connectivity index (χ0v) is 11.9. The van der Waals surface area contributed by atoms with Gasteiger partial charge in [-0.25, -0.2) is 9.59 Å². The second-order valence-corrected chi connectivity index (χ2v) is 6.28. The van der Waals surface area contributed by atoms with E-state index < -0.39 is 12.0 Å². The van der Waals surface area contributed by atoms with Crippen LogP contribution in [0.25, 0.3) is 0 Å². The first-order chi connectivity index (χ1) is 10.1. The molecule has 3 N–H and O–H groups in total. The van der Waals surface area contributed by atoms with Gasteiger partial charge in [-0.2, -0.15) is 0 Å². The van der Waals surface area contributed by atoms with Crippen molar-refractivity contribution in [3.63, 3.8) is 0 Å². The number of carboxylic acids is 1. The van der Waals surface area contributed by atoms with Gasteiger partial charge < -0.3 is 20.6 Å². The van der Waals surface area contributed by atoms with Crippen molar-refractivity contribution in [2.24, 2.45) is 11.8 Å². The van der Waals surface area contributed by atoms with E-state index in [-0.39, 0.29) is 23.9 Å². The second-order valence-electron chi connectivity index (χ2n) is 6.28. The first-order valence-electron chi connectivity index (χ1n) is 7.63. The third-order valence-electron chi connectivity index (χ3n) is 4.99. The van der Waals surface area contributed by atoms with Crippen molar-refractivity contribution in [3.8, 4) is 0 Å². The van der Waals surface area contributed by atoms with Gasteiger partial charge in [0.25, 0.3) is 0 Å². The van der Waals surface area contributed by atoms with Crippen molar-refractivity contribution in [2.75, 3.05) is 13.1 Å². The van der Waals surface area contributed by atoms with E-state index in [1.54, 1.807) is 0 Å². The van der Waals surface area contributed by atoms with Crippen LogP contribution in [0.1, 0.15) is 32.1 Å².